The molecule has 7 nitrogen and oxygen atoms in total. The first-order chi connectivity index (χ1) is 14.0. The summed E-state index contributed by atoms with van der Waals surface area (Å²) in [6.45, 7) is 4.16. The molecule has 29 heavy (non-hydrogen) atoms. The summed E-state index contributed by atoms with van der Waals surface area (Å²) < 4.78 is 6.62. The van der Waals surface area contributed by atoms with Crippen LogP contribution >= 0.6 is 0 Å². The molecule has 0 aliphatic rings. The minimum absolute atomic E-state index is 0.145. The number of rotatable bonds is 5. The fourth-order valence-corrected chi connectivity index (χ4v) is 3.22. The zero-order chi connectivity index (χ0) is 20.4. The number of anilines is 1. The maximum atomic E-state index is 12.9. The van der Waals surface area contributed by atoms with Gasteiger partial charge in [0.15, 0.2) is 0 Å². The van der Waals surface area contributed by atoms with E-state index in [1.807, 2.05) is 62.4 Å². The Morgan fingerprint density at radius 3 is 2.69 bits per heavy atom. The summed E-state index contributed by atoms with van der Waals surface area (Å²) in [5.74, 6) is -0.169. The Morgan fingerprint density at radius 1 is 1.14 bits per heavy atom. The molecule has 2 aromatic carbocycles. The van der Waals surface area contributed by atoms with Crippen molar-refractivity contribution < 1.29 is 9.32 Å². The number of nitrogens with zero attached hydrogens (tertiary/aromatic N) is 3. The monoisotopic (exact) mass is 388 g/mol. The molecule has 0 aliphatic heterocycles. The first-order valence-corrected chi connectivity index (χ1v) is 9.30. The lowest BCUT2D eigenvalue weighted by atomic mass is 10.1. The van der Waals surface area contributed by atoms with Gasteiger partial charge in [-0.2, -0.15) is 0 Å². The summed E-state index contributed by atoms with van der Waals surface area (Å²) in [6.07, 6.45) is 1.53. The van der Waals surface area contributed by atoms with E-state index in [9.17, 15) is 9.59 Å². The van der Waals surface area contributed by atoms with Gasteiger partial charge < -0.3 is 9.84 Å². The molecule has 7 heteroatoms. The summed E-state index contributed by atoms with van der Waals surface area (Å²) >= 11 is 0. The minimum atomic E-state index is -0.283. The van der Waals surface area contributed by atoms with Crippen LogP contribution in [0.4, 0.5) is 5.69 Å². The molecule has 0 spiro atoms. The summed E-state index contributed by atoms with van der Waals surface area (Å²) in [5, 5.41) is 7.21. The van der Waals surface area contributed by atoms with Gasteiger partial charge in [0.05, 0.1) is 0 Å². The van der Waals surface area contributed by atoms with Gasteiger partial charge in [0.1, 0.15) is 17.4 Å². The fraction of sp³-hybridized carbons (Fsp3) is 0.182. The molecule has 4 rings (SSSR count). The first kappa shape index (κ1) is 18.6. The zero-order valence-corrected chi connectivity index (χ0v) is 16.2. The van der Waals surface area contributed by atoms with Gasteiger partial charge in [0.25, 0.3) is 11.3 Å². The van der Waals surface area contributed by atoms with Crippen molar-refractivity contribution in [1.82, 2.24) is 14.7 Å². The van der Waals surface area contributed by atoms with Crippen molar-refractivity contribution in [3.05, 3.63) is 76.3 Å². The highest BCUT2D eigenvalue weighted by Crippen LogP contribution is 2.23. The minimum Gasteiger partial charge on any atom is -0.335 e. The largest absolute Gasteiger partial charge is 0.335 e. The fourth-order valence-electron chi connectivity index (χ4n) is 3.22. The van der Waals surface area contributed by atoms with Crippen LogP contribution in [0, 0.1) is 13.8 Å². The molecule has 1 N–H and O–H groups in total. The highest BCUT2D eigenvalue weighted by Gasteiger charge is 2.17. The molecule has 0 unspecified atom stereocenters. The number of hydrogen-bond acceptors (Lipinski definition) is 5. The third-order valence-corrected chi connectivity index (χ3v) is 4.75. The van der Waals surface area contributed by atoms with Crippen LogP contribution in [0.2, 0.25) is 0 Å². The molecule has 4 aromatic rings. The van der Waals surface area contributed by atoms with Gasteiger partial charge in [-0.1, -0.05) is 53.2 Å². The zero-order valence-electron chi connectivity index (χ0n) is 16.2. The molecule has 0 bridgehead atoms. The molecule has 146 valence electrons. The van der Waals surface area contributed by atoms with E-state index in [4.69, 9.17) is 4.52 Å². The van der Waals surface area contributed by atoms with E-state index in [0.717, 1.165) is 22.4 Å². The van der Waals surface area contributed by atoms with Crippen LogP contribution in [-0.4, -0.2) is 20.6 Å². The van der Waals surface area contributed by atoms with Gasteiger partial charge in [0.2, 0.25) is 5.91 Å². The molecule has 2 heterocycles. The second-order valence-corrected chi connectivity index (χ2v) is 6.94. The van der Waals surface area contributed by atoms with E-state index in [2.05, 4.69) is 15.5 Å². The Labute approximate surface area is 167 Å². The Bertz CT molecular complexity index is 1240. The lowest BCUT2D eigenvalue weighted by Crippen LogP contribution is -2.23. The van der Waals surface area contributed by atoms with Crippen molar-refractivity contribution in [1.29, 1.82) is 0 Å². The van der Waals surface area contributed by atoms with Gasteiger partial charge in [-0.05, 0) is 25.5 Å². The summed E-state index contributed by atoms with van der Waals surface area (Å²) in [5.41, 5.74) is 4.03. The van der Waals surface area contributed by atoms with Crippen molar-refractivity contribution in [2.24, 2.45) is 0 Å². The van der Waals surface area contributed by atoms with Crippen LogP contribution < -0.4 is 10.9 Å². The lowest BCUT2D eigenvalue weighted by molar-refractivity contribution is -0.116. The molecular formula is C22H20N4O3. The number of aromatic nitrogens is 3. The highest BCUT2D eigenvalue weighted by molar-refractivity contribution is 5.91. The van der Waals surface area contributed by atoms with E-state index < -0.39 is 0 Å². The average Bonchev–Trinajstić information content (AvgIpc) is 3.15. The smallest absolute Gasteiger partial charge is 0.266 e. The third-order valence-electron chi connectivity index (χ3n) is 4.75. The maximum absolute atomic E-state index is 12.9. The van der Waals surface area contributed by atoms with E-state index in [0.29, 0.717) is 11.1 Å². The van der Waals surface area contributed by atoms with Crippen LogP contribution in [0.25, 0.3) is 22.4 Å². The number of fused-ring (bicyclic) bond motifs is 1. The van der Waals surface area contributed by atoms with E-state index in [-0.39, 0.29) is 30.1 Å². The molecule has 0 saturated heterocycles. The summed E-state index contributed by atoms with van der Waals surface area (Å²) in [7, 11) is 0. The Kier molecular flexibility index (Phi) is 4.95. The van der Waals surface area contributed by atoms with Gasteiger partial charge in [-0.25, -0.2) is 4.98 Å². The summed E-state index contributed by atoms with van der Waals surface area (Å²) in [4.78, 5) is 29.5. The Morgan fingerprint density at radius 2 is 1.93 bits per heavy atom. The molecule has 2 aromatic heterocycles. The molecule has 1 amide bonds. The van der Waals surface area contributed by atoms with E-state index >= 15 is 0 Å². The number of hydrogen-bond donors (Lipinski definition) is 1. The van der Waals surface area contributed by atoms with Crippen molar-refractivity contribution >= 4 is 22.7 Å². The van der Waals surface area contributed by atoms with Gasteiger partial charge >= 0.3 is 0 Å². The maximum Gasteiger partial charge on any atom is 0.266 e. The lowest BCUT2D eigenvalue weighted by Gasteiger charge is -2.10. The number of amides is 1. The quantitative estimate of drug-likeness (QED) is 0.563. The molecule has 0 fully saturated rings. The normalized spacial score (nSPS) is 11.0. The van der Waals surface area contributed by atoms with Crippen molar-refractivity contribution in [3.8, 4) is 11.3 Å². The van der Waals surface area contributed by atoms with E-state index in [1.54, 1.807) is 0 Å². The van der Waals surface area contributed by atoms with Crippen molar-refractivity contribution in [2.45, 2.75) is 26.8 Å². The van der Waals surface area contributed by atoms with Crippen molar-refractivity contribution in [3.63, 3.8) is 0 Å². The highest BCUT2D eigenvalue weighted by atomic mass is 16.5. The number of benzene rings is 2. The van der Waals surface area contributed by atoms with Crippen LogP contribution in [0.15, 0.2) is 64.2 Å². The molecule has 0 saturated carbocycles. The van der Waals surface area contributed by atoms with Crippen molar-refractivity contribution in [2.75, 3.05) is 5.32 Å². The molecule has 0 atom stereocenters. The predicted octanol–water partition coefficient (Wildman–Crippen LogP) is 3.70. The third kappa shape index (κ3) is 3.80. The molecule has 0 radical (unpaired) electrons. The SMILES string of the molecule is Cc1ccc(NC(=O)CCn2cnc3onc(-c4ccccc4)c3c2=O)c(C)c1. The van der Waals surface area contributed by atoms with Crippen LogP contribution in [0.1, 0.15) is 17.5 Å². The van der Waals surface area contributed by atoms with Crippen LogP contribution in [0.5, 0.6) is 0 Å². The number of aryl methyl sites for hydroxylation is 3. The number of carbonyl (C=O) groups is 1. The van der Waals surface area contributed by atoms with Crippen LogP contribution in [-0.2, 0) is 11.3 Å². The number of nitrogens with one attached hydrogen (secondary N) is 1. The second-order valence-electron chi connectivity index (χ2n) is 6.94. The topological polar surface area (TPSA) is 90.0 Å². The van der Waals surface area contributed by atoms with Gasteiger partial charge in [0, 0.05) is 24.2 Å². The van der Waals surface area contributed by atoms with Crippen LogP contribution in [0.3, 0.4) is 0 Å². The second kappa shape index (κ2) is 7.71. The Hall–Kier alpha value is -3.74. The first-order valence-electron chi connectivity index (χ1n) is 9.30. The van der Waals surface area contributed by atoms with E-state index in [1.165, 1.54) is 10.9 Å². The standard InChI is InChI=1S/C22H20N4O3/c1-14-8-9-17(15(2)12-14)24-18(27)10-11-26-13-23-21-19(22(26)28)20(25-29-21)16-6-4-3-5-7-16/h3-9,12-13H,10-11H2,1-2H3,(H,24,27). The number of carbonyl (C=O) groups excluding carboxylic acids is 1. The van der Waals surface area contributed by atoms with Gasteiger partial charge in [-0.3, -0.25) is 14.2 Å². The average molecular weight is 388 g/mol. The Balaban J connectivity index is 1.55. The molecule has 0 aliphatic carbocycles. The molecular weight excluding hydrogens is 368 g/mol. The summed E-state index contributed by atoms with van der Waals surface area (Å²) in [6, 6.07) is 15.2. The predicted molar refractivity (Wildman–Crippen MR) is 111 cm³/mol. The van der Waals surface area contributed by atoms with Gasteiger partial charge in [-0.15, -0.1) is 0 Å².